The van der Waals surface area contributed by atoms with E-state index in [1.807, 2.05) is 0 Å². The molecule has 3 N–H and O–H groups in total. The number of carbonyl (C=O) groups excluding carboxylic acids is 1. The van der Waals surface area contributed by atoms with Gasteiger partial charge in [0.15, 0.2) is 11.5 Å². The van der Waals surface area contributed by atoms with Crippen molar-refractivity contribution in [2.45, 2.75) is 38.4 Å². The molecule has 1 fully saturated rings. The van der Waals surface area contributed by atoms with E-state index in [1.165, 1.54) is 13.2 Å². The van der Waals surface area contributed by atoms with Crippen LogP contribution in [0, 0.1) is 5.92 Å². The standard InChI is InChI=1S/C19H27ClN2O5/c1-3-4-6-22-7-5-11(14(23)9-22)15-10-26-17-12(19(24)25-2)8-13(20)16(21)18(17)27-15/h8,11,14-15,23H,3-7,9-10,21H2,1-2H3/t11-,14-,15?/m0/s1. The highest BCUT2D eigenvalue weighted by Gasteiger charge is 2.39. The minimum absolute atomic E-state index is 0.0732. The Kier molecular flexibility index (Phi) is 6.34. The number of aliphatic hydroxyl groups is 1. The number of benzene rings is 1. The van der Waals surface area contributed by atoms with Gasteiger partial charge in [-0.2, -0.15) is 0 Å². The summed E-state index contributed by atoms with van der Waals surface area (Å²) in [6.07, 6.45) is 2.20. The predicted octanol–water partition coefficient (Wildman–Crippen LogP) is 2.33. The molecule has 2 aliphatic heterocycles. The van der Waals surface area contributed by atoms with Crippen LogP contribution >= 0.6 is 11.6 Å². The Hall–Kier alpha value is -1.70. The quantitative estimate of drug-likeness (QED) is 0.580. The number of nitrogens with zero attached hydrogens (tertiary/aromatic N) is 1. The Bertz CT molecular complexity index is 699. The van der Waals surface area contributed by atoms with Crippen LogP contribution in [0.5, 0.6) is 11.5 Å². The van der Waals surface area contributed by atoms with Crippen LogP contribution in [0.25, 0.3) is 0 Å². The molecule has 2 heterocycles. The number of methoxy groups -OCH3 is 1. The zero-order valence-corrected chi connectivity index (χ0v) is 16.5. The van der Waals surface area contributed by atoms with E-state index in [4.69, 9.17) is 31.5 Å². The van der Waals surface area contributed by atoms with Gasteiger partial charge in [-0.15, -0.1) is 0 Å². The molecule has 0 bridgehead atoms. The van der Waals surface area contributed by atoms with Crippen molar-refractivity contribution in [1.29, 1.82) is 0 Å². The molecule has 3 atom stereocenters. The smallest absolute Gasteiger partial charge is 0.341 e. The summed E-state index contributed by atoms with van der Waals surface area (Å²) in [6.45, 7) is 4.92. The molecule has 8 heteroatoms. The lowest BCUT2D eigenvalue weighted by atomic mass is 9.88. The largest absolute Gasteiger partial charge is 0.485 e. The van der Waals surface area contributed by atoms with Crippen molar-refractivity contribution in [1.82, 2.24) is 4.90 Å². The first-order chi connectivity index (χ1) is 13.0. The molecule has 27 heavy (non-hydrogen) atoms. The molecule has 150 valence electrons. The SMILES string of the molecule is CCCCN1CC[C@H](C2COc3c(C(=O)OC)cc(Cl)c(N)c3O2)[C@@H](O)C1. The molecule has 0 aliphatic carbocycles. The van der Waals surface area contributed by atoms with Gasteiger partial charge in [0.25, 0.3) is 0 Å². The Morgan fingerprint density at radius 2 is 2.26 bits per heavy atom. The number of hydrogen-bond acceptors (Lipinski definition) is 7. The normalized spacial score (nSPS) is 25.3. The maximum atomic E-state index is 12.0. The summed E-state index contributed by atoms with van der Waals surface area (Å²) in [6, 6.07) is 1.42. The monoisotopic (exact) mass is 398 g/mol. The van der Waals surface area contributed by atoms with Crippen molar-refractivity contribution in [3.63, 3.8) is 0 Å². The number of nitrogen functional groups attached to an aromatic ring is 1. The molecule has 7 nitrogen and oxygen atoms in total. The first-order valence-corrected chi connectivity index (χ1v) is 9.74. The summed E-state index contributed by atoms with van der Waals surface area (Å²) in [5, 5.41) is 10.8. The number of piperidine rings is 1. The van der Waals surface area contributed by atoms with E-state index in [9.17, 15) is 9.90 Å². The van der Waals surface area contributed by atoms with Crippen LogP contribution in [0.2, 0.25) is 5.02 Å². The second kappa shape index (κ2) is 8.54. The van der Waals surface area contributed by atoms with E-state index in [1.54, 1.807) is 0 Å². The average molecular weight is 399 g/mol. The van der Waals surface area contributed by atoms with E-state index in [0.29, 0.717) is 6.54 Å². The van der Waals surface area contributed by atoms with Crippen LogP contribution in [0.3, 0.4) is 0 Å². The van der Waals surface area contributed by atoms with Crippen molar-refractivity contribution in [3.8, 4) is 11.5 Å². The van der Waals surface area contributed by atoms with Gasteiger partial charge in [-0.1, -0.05) is 24.9 Å². The summed E-state index contributed by atoms with van der Waals surface area (Å²) >= 11 is 6.16. The second-order valence-electron chi connectivity index (χ2n) is 7.11. The Morgan fingerprint density at radius 3 is 2.93 bits per heavy atom. The van der Waals surface area contributed by atoms with Crippen molar-refractivity contribution >= 4 is 23.3 Å². The third-order valence-corrected chi connectivity index (χ3v) is 5.63. The van der Waals surface area contributed by atoms with Crippen molar-refractivity contribution in [3.05, 3.63) is 16.7 Å². The zero-order valence-electron chi connectivity index (χ0n) is 15.7. The highest BCUT2D eigenvalue weighted by atomic mass is 35.5. The third kappa shape index (κ3) is 4.10. The molecule has 0 spiro atoms. The Balaban J connectivity index is 1.77. The van der Waals surface area contributed by atoms with E-state index in [2.05, 4.69) is 11.8 Å². The maximum absolute atomic E-state index is 12.0. The summed E-state index contributed by atoms with van der Waals surface area (Å²) in [5.41, 5.74) is 6.46. The molecule has 0 amide bonds. The van der Waals surface area contributed by atoms with Crippen molar-refractivity contribution < 1.29 is 24.1 Å². The minimum Gasteiger partial charge on any atom is -0.485 e. The Labute approximate surface area is 164 Å². The van der Waals surface area contributed by atoms with Gasteiger partial charge >= 0.3 is 5.97 Å². The number of ether oxygens (including phenoxy) is 3. The first kappa shape index (κ1) is 20.0. The number of fused-ring (bicyclic) bond motifs is 1. The number of carbonyl (C=O) groups is 1. The molecule has 1 aromatic rings. The molecule has 1 saturated heterocycles. The number of halogens is 1. The van der Waals surface area contributed by atoms with E-state index in [0.717, 1.165) is 32.4 Å². The van der Waals surface area contributed by atoms with Gasteiger partial charge in [-0.3, -0.25) is 0 Å². The van der Waals surface area contributed by atoms with E-state index < -0.39 is 12.1 Å². The number of hydrogen-bond donors (Lipinski definition) is 2. The molecule has 0 aromatic heterocycles. The fourth-order valence-corrected chi connectivity index (χ4v) is 3.94. The van der Waals surface area contributed by atoms with Gasteiger partial charge in [0.2, 0.25) is 0 Å². The van der Waals surface area contributed by atoms with Gasteiger partial charge in [0, 0.05) is 12.5 Å². The minimum atomic E-state index is -0.570. The highest BCUT2D eigenvalue weighted by Crippen LogP contribution is 2.45. The summed E-state index contributed by atoms with van der Waals surface area (Å²) in [4.78, 5) is 14.3. The lowest BCUT2D eigenvalue weighted by Crippen LogP contribution is -2.51. The number of β-amino-alcohol motifs (C(OH)–C–C–N with tert-alkyl or cyclic N) is 1. The Morgan fingerprint density at radius 1 is 1.48 bits per heavy atom. The zero-order chi connectivity index (χ0) is 19.6. The number of esters is 1. The van der Waals surface area contributed by atoms with Crippen molar-refractivity contribution in [2.24, 2.45) is 5.92 Å². The van der Waals surface area contributed by atoms with Gasteiger partial charge in [0.05, 0.1) is 23.9 Å². The third-order valence-electron chi connectivity index (χ3n) is 5.31. The van der Waals surface area contributed by atoms with Gasteiger partial charge < -0.3 is 30.0 Å². The predicted molar refractivity (Wildman–Crippen MR) is 103 cm³/mol. The molecule has 0 radical (unpaired) electrons. The average Bonchev–Trinajstić information content (AvgIpc) is 2.68. The van der Waals surface area contributed by atoms with Crippen molar-refractivity contribution in [2.75, 3.05) is 39.1 Å². The van der Waals surface area contributed by atoms with Crippen LogP contribution in [0.15, 0.2) is 6.07 Å². The molecule has 2 aliphatic rings. The number of aliphatic hydroxyl groups excluding tert-OH is 1. The molecular weight excluding hydrogens is 372 g/mol. The van der Waals surface area contributed by atoms with Crippen LogP contribution < -0.4 is 15.2 Å². The van der Waals surface area contributed by atoms with Gasteiger partial charge in [-0.05, 0) is 32.0 Å². The van der Waals surface area contributed by atoms with Crippen LogP contribution in [-0.2, 0) is 4.74 Å². The van der Waals surface area contributed by atoms with E-state index in [-0.39, 0.29) is 46.4 Å². The van der Waals surface area contributed by atoms with Crippen LogP contribution in [0.1, 0.15) is 36.5 Å². The highest BCUT2D eigenvalue weighted by molar-refractivity contribution is 6.34. The van der Waals surface area contributed by atoms with E-state index >= 15 is 0 Å². The molecule has 1 unspecified atom stereocenters. The maximum Gasteiger partial charge on any atom is 0.341 e. The summed E-state index contributed by atoms with van der Waals surface area (Å²) in [5.74, 6) is -0.148. The molecule has 1 aromatic carbocycles. The van der Waals surface area contributed by atoms with Crippen LogP contribution in [0.4, 0.5) is 5.69 Å². The summed E-state index contributed by atoms with van der Waals surface area (Å²) < 4.78 is 16.7. The number of likely N-dealkylation sites (tertiary alicyclic amines) is 1. The van der Waals surface area contributed by atoms with Crippen LogP contribution in [-0.4, -0.2) is 61.5 Å². The number of rotatable bonds is 5. The first-order valence-electron chi connectivity index (χ1n) is 9.36. The fourth-order valence-electron chi connectivity index (χ4n) is 3.74. The number of nitrogens with two attached hydrogens (primary N) is 1. The lowest BCUT2D eigenvalue weighted by molar-refractivity contribution is -0.0520. The summed E-state index contributed by atoms with van der Waals surface area (Å²) in [7, 11) is 1.29. The number of anilines is 1. The fraction of sp³-hybridized carbons (Fsp3) is 0.632. The topological polar surface area (TPSA) is 94.2 Å². The molecular formula is C19H27ClN2O5. The number of unbranched alkanes of at least 4 members (excludes halogenated alkanes) is 1. The lowest BCUT2D eigenvalue weighted by Gasteiger charge is -2.41. The molecule has 3 rings (SSSR count). The molecule has 0 saturated carbocycles. The van der Waals surface area contributed by atoms with Gasteiger partial charge in [0.1, 0.15) is 18.3 Å². The van der Waals surface area contributed by atoms with Gasteiger partial charge in [-0.25, -0.2) is 4.79 Å². The second-order valence-corrected chi connectivity index (χ2v) is 7.52.